The molecule has 0 aromatic heterocycles. The number of fused-ring (bicyclic) bond motifs is 1. The molecule has 2 saturated heterocycles. The van der Waals surface area contributed by atoms with E-state index < -0.39 is 42.3 Å². The van der Waals surface area contributed by atoms with Crippen LogP contribution in [0.1, 0.15) is 32.6 Å². The van der Waals surface area contributed by atoms with Crippen molar-refractivity contribution in [2.45, 2.75) is 57.0 Å². The molecule has 3 rings (SSSR count). The quantitative estimate of drug-likeness (QED) is 0.484. The van der Waals surface area contributed by atoms with E-state index in [1.54, 1.807) is 20.8 Å². The Morgan fingerprint density at radius 2 is 2.07 bits per heavy atom. The van der Waals surface area contributed by atoms with Crippen molar-refractivity contribution in [2.75, 3.05) is 13.2 Å². The van der Waals surface area contributed by atoms with Crippen molar-refractivity contribution < 1.29 is 24.1 Å². The van der Waals surface area contributed by atoms with Crippen LogP contribution < -0.4 is 0 Å². The lowest BCUT2D eigenvalue weighted by Crippen LogP contribution is -2.66. The minimum Gasteiger partial charge on any atom is -0.444 e. The van der Waals surface area contributed by atoms with Gasteiger partial charge in [0.15, 0.2) is 6.29 Å². The first-order chi connectivity index (χ1) is 12.8. The van der Waals surface area contributed by atoms with Crippen LogP contribution in [0.15, 0.2) is 35.4 Å². The van der Waals surface area contributed by atoms with E-state index in [1.165, 1.54) is 4.90 Å². The molecule has 0 bridgehead atoms. The second-order valence-corrected chi connectivity index (χ2v) is 7.64. The van der Waals surface area contributed by atoms with Crippen LogP contribution in [-0.2, 0) is 14.2 Å². The molecule has 9 nitrogen and oxygen atoms in total. The van der Waals surface area contributed by atoms with Gasteiger partial charge in [-0.25, -0.2) is 4.79 Å². The van der Waals surface area contributed by atoms with Crippen LogP contribution in [0.5, 0.6) is 0 Å². The molecule has 27 heavy (non-hydrogen) atoms. The van der Waals surface area contributed by atoms with Crippen LogP contribution in [0.2, 0.25) is 0 Å². The number of aliphatic hydroxyl groups is 1. The van der Waals surface area contributed by atoms with Crippen molar-refractivity contribution >= 4 is 6.09 Å². The molecule has 0 unspecified atom stereocenters. The number of likely N-dealkylation sites (tertiary alicyclic amines) is 1. The number of aliphatic hydroxyl groups excluding tert-OH is 1. The van der Waals surface area contributed by atoms with Gasteiger partial charge >= 0.3 is 6.09 Å². The van der Waals surface area contributed by atoms with E-state index in [9.17, 15) is 9.90 Å². The maximum absolute atomic E-state index is 12.7. The molecular formula is C18H24N4O5. The van der Waals surface area contributed by atoms with Crippen LogP contribution in [-0.4, -0.2) is 59.1 Å². The van der Waals surface area contributed by atoms with Gasteiger partial charge in [0.1, 0.15) is 11.7 Å². The Kier molecular flexibility index (Phi) is 5.57. The molecule has 1 aromatic rings. The van der Waals surface area contributed by atoms with Crippen LogP contribution in [0, 0.1) is 0 Å². The highest BCUT2D eigenvalue weighted by Gasteiger charge is 2.49. The number of carbonyl (C=O) groups excluding carboxylic acids is 1. The van der Waals surface area contributed by atoms with E-state index in [2.05, 4.69) is 10.0 Å². The summed E-state index contributed by atoms with van der Waals surface area (Å²) in [5.41, 5.74) is 8.94. The number of nitrogens with zero attached hydrogens (tertiary/aromatic N) is 4. The van der Waals surface area contributed by atoms with Gasteiger partial charge in [0.25, 0.3) is 0 Å². The molecule has 1 aromatic carbocycles. The summed E-state index contributed by atoms with van der Waals surface area (Å²) < 4.78 is 17.2. The van der Waals surface area contributed by atoms with E-state index in [0.29, 0.717) is 0 Å². The van der Waals surface area contributed by atoms with Gasteiger partial charge in [-0.15, -0.1) is 0 Å². The zero-order valence-corrected chi connectivity index (χ0v) is 15.6. The Labute approximate surface area is 157 Å². The van der Waals surface area contributed by atoms with Crippen molar-refractivity contribution in [3.63, 3.8) is 0 Å². The molecular weight excluding hydrogens is 352 g/mol. The fourth-order valence-electron chi connectivity index (χ4n) is 3.28. The Morgan fingerprint density at radius 1 is 1.37 bits per heavy atom. The monoisotopic (exact) mass is 376 g/mol. The zero-order chi connectivity index (χ0) is 19.6. The molecule has 1 N–H and O–H groups in total. The van der Waals surface area contributed by atoms with Gasteiger partial charge in [-0.3, -0.25) is 4.90 Å². The summed E-state index contributed by atoms with van der Waals surface area (Å²) in [7, 11) is 0. The standard InChI is InChI=1S/C18H24N4O5/c1-18(2,3)27-17(24)22-9-12(20-21-19)14(23)15-13(22)10-25-16(26-15)11-7-5-4-6-8-11/h4-8,12-16,23H,9-10H2,1-3H3/t12-,13+,14+,15+,16-/m0/s1. The Morgan fingerprint density at radius 3 is 2.70 bits per heavy atom. The third kappa shape index (κ3) is 4.33. The van der Waals surface area contributed by atoms with Crippen molar-refractivity contribution in [1.29, 1.82) is 0 Å². The predicted octanol–water partition coefficient (Wildman–Crippen LogP) is 2.76. The van der Waals surface area contributed by atoms with Crippen molar-refractivity contribution in [1.82, 2.24) is 4.90 Å². The molecule has 9 heteroatoms. The van der Waals surface area contributed by atoms with E-state index in [0.717, 1.165) is 5.56 Å². The minimum atomic E-state index is -1.06. The van der Waals surface area contributed by atoms with Crippen molar-refractivity contribution in [3.8, 4) is 0 Å². The molecule has 2 fully saturated rings. The highest BCUT2D eigenvalue weighted by Crippen LogP contribution is 2.34. The third-order valence-electron chi connectivity index (χ3n) is 4.49. The topological polar surface area (TPSA) is 117 Å². The molecule has 0 saturated carbocycles. The van der Waals surface area contributed by atoms with Gasteiger partial charge in [-0.05, 0) is 26.3 Å². The van der Waals surface area contributed by atoms with Gasteiger partial charge in [0.05, 0.1) is 24.8 Å². The third-order valence-corrected chi connectivity index (χ3v) is 4.49. The van der Waals surface area contributed by atoms with Gasteiger partial charge < -0.3 is 19.3 Å². The second kappa shape index (κ2) is 7.74. The van der Waals surface area contributed by atoms with Gasteiger partial charge in [-0.2, -0.15) is 0 Å². The number of ether oxygens (including phenoxy) is 3. The number of piperidine rings is 1. The van der Waals surface area contributed by atoms with Crippen molar-refractivity contribution in [2.24, 2.45) is 5.11 Å². The summed E-state index contributed by atoms with van der Waals surface area (Å²) >= 11 is 0. The maximum Gasteiger partial charge on any atom is 0.410 e. The van der Waals surface area contributed by atoms with E-state index in [1.807, 2.05) is 30.3 Å². The number of hydrogen-bond acceptors (Lipinski definition) is 6. The molecule has 2 heterocycles. The average Bonchev–Trinajstić information content (AvgIpc) is 2.63. The number of azide groups is 1. The lowest BCUT2D eigenvalue weighted by Gasteiger charge is -2.49. The van der Waals surface area contributed by atoms with E-state index >= 15 is 0 Å². The molecule has 146 valence electrons. The molecule has 2 aliphatic rings. The summed E-state index contributed by atoms with van der Waals surface area (Å²) in [6.07, 6.45) is -3.05. The molecule has 2 aliphatic heterocycles. The van der Waals surface area contributed by atoms with Gasteiger partial charge in [0.2, 0.25) is 0 Å². The average molecular weight is 376 g/mol. The van der Waals surface area contributed by atoms with E-state index in [4.69, 9.17) is 19.7 Å². The lowest BCUT2D eigenvalue weighted by atomic mass is 9.92. The summed E-state index contributed by atoms with van der Waals surface area (Å²) in [5.74, 6) is 0. The normalized spacial score (nSPS) is 30.8. The summed E-state index contributed by atoms with van der Waals surface area (Å²) in [5, 5.41) is 14.3. The fourth-order valence-corrected chi connectivity index (χ4v) is 3.28. The second-order valence-electron chi connectivity index (χ2n) is 7.64. The Balaban J connectivity index is 1.84. The number of amides is 1. The van der Waals surface area contributed by atoms with Gasteiger partial charge in [0, 0.05) is 17.0 Å². The molecule has 0 aliphatic carbocycles. The minimum absolute atomic E-state index is 0.0318. The van der Waals surface area contributed by atoms with Crippen LogP contribution in [0.3, 0.4) is 0 Å². The SMILES string of the molecule is CC(C)(C)OC(=O)N1C[C@H](N=[N+]=[N-])[C@@H](O)[C@@H]2O[C@@H](c3ccccc3)OC[C@H]21. The highest BCUT2D eigenvalue weighted by atomic mass is 16.7. The lowest BCUT2D eigenvalue weighted by molar-refractivity contribution is -0.273. The first-order valence-electron chi connectivity index (χ1n) is 8.84. The van der Waals surface area contributed by atoms with Gasteiger partial charge in [-0.1, -0.05) is 35.4 Å². The number of rotatable bonds is 2. The van der Waals surface area contributed by atoms with Crippen LogP contribution in [0.4, 0.5) is 4.79 Å². The number of hydrogen-bond donors (Lipinski definition) is 1. The summed E-state index contributed by atoms with van der Waals surface area (Å²) in [6.45, 7) is 5.51. The number of carbonyl (C=O) groups is 1. The van der Waals surface area contributed by atoms with Crippen molar-refractivity contribution in [3.05, 3.63) is 46.3 Å². The smallest absolute Gasteiger partial charge is 0.410 e. The summed E-state index contributed by atoms with van der Waals surface area (Å²) in [4.78, 5) is 16.9. The molecule has 0 radical (unpaired) electrons. The largest absolute Gasteiger partial charge is 0.444 e. The maximum atomic E-state index is 12.7. The summed E-state index contributed by atoms with van der Waals surface area (Å²) in [6, 6.07) is 7.95. The molecule has 5 atom stereocenters. The first kappa shape index (κ1) is 19.4. The first-order valence-corrected chi connectivity index (χ1v) is 8.84. The Bertz CT molecular complexity index is 716. The van der Waals surface area contributed by atoms with Crippen LogP contribution >= 0.6 is 0 Å². The number of benzene rings is 1. The zero-order valence-electron chi connectivity index (χ0n) is 15.6. The predicted molar refractivity (Wildman–Crippen MR) is 95.7 cm³/mol. The van der Waals surface area contributed by atoms with Crippen LogP contribution in [0.25, 0.3) is 10.4 Å². The molecule has 0 spiro atoms. The Hall–Kier alpha value is -2.32. The molecule has 1 amide bonds. The highest BCUT2D eigenvalue weighted by molar-refractivity contribution is 5.69. The fraction of sp³-hybridized carbons (Fsp3) is 0.611. The van der Waals surface area contributed by atoms with E-state index in [-0.39, 0.29) is 13.2 Å².